The highest BCUT2D eigenvalue weighted by atomic mass is 32.2. The predicted molar refractivity (Wildman–Crippen MR) is 98.8 cm³/mol. The van der Waals surface area contributed by atoms with Crippen LogP contribution in [0.5, 0.6) is 0 Å². The number of nitrogens with zero attached hydrogens (tertiary/aromatic N) is 3. The van der Waals surface area contributed by atoms with E-state index in [1.165, 1.54) is 15.1 Å². The van der Waals surface area contributed by atoms with E-state index in [0.717, 1.165) is 24.4 Å². The zero-order valence-corrected chi connectivity index (χ0v) is 15.5. The van der Waals surface area contributed by atoms with Gasteiger partial charge in [0.15, 0.2) is 0 Å². The molecule has 1 aliphatic heterocycles. The minimum atomic E-state index is -0.140. The summed E-state index contributed by atoms with van der Waals surface area (Å²) in [6, 6.07) is 8.48. The number of benzene rings is 1. The molecule has 0 aliphatic carbocycles. The first-order valence-electron chi connectivity index (χ1n) is 8.64. The lowest BCUT2D eigenvalue weighted by Gasteiger charge is -2.21. The van der Waals surface area contributed by atoms with Crippen LogP contribution in [0.15, 0.2) is 34.0 Å². The highest BCUT2D eigenvalue weighted by Gasteiger charge is 2.27. The van der Waals surface area contributed by atoms with Crippen LogP contribution in [-0.2, 0) is 24.8 Å². The molecule has 1 aromatic heterocycles. The quantitative estimate of drug-likeness (QED) is 0.629. The van der Waals surface area contributed by atoms with Crippen molar-refractivity contribution in [2.24, 2.45) is 13.0 Å². The molecule has 25 heavy (non-hydrogen) atoms. The van der Waals surface area contributed by atoms with Crippen LogP contribution < -0.4 is 11.0 Å². The van der Waals surface area contributed by atoms with Gasteiger partial charge in [-0.3, -0.25) is 9.36 Å². The molecule has 0 fully saturated rings. The smallest absolute Gasteiger partial charge is 0.345 e. The van der Waals surface area contributed by atoms with E-state index in [0.29, 0.717) is 19.5 Å². The molecular weight excluding hydrogens is 336 g/mol. The van der Waals surface area contributed by atoms with E-state index in [4.69, 9.17) is 0 Å². The second-order valence-electron chi connectivity index (χ2n) is 6.47. The molecule has 134 valence electrons. The van der Waals surface area contributed by atoms with Gasteiger partial charge in [-0.15, -0.1) is 11.8 Å². The van der Waals surface area contributed by atoms with E-state index in [2.05, 4.69) is 41.6 Å². The van der Waals surface area contributed by atoms with Gasteiger partial charge in [0.2, 0.25) is 5.91 Å². The number of fused-ring (bicyclic) bond motifs is 1. The Morgan fingerprint density at radius 3 is 2.88 bits per heavy atom. The summed E-state index contributed by atoms with van der Waals surface area (Å²) in [4.78, 5) is 25.6. The Hall–Kier alpha value is -2.02. The minimum absolute atomic E-state index is 0.0433. The van der Waals surface area contributed by atoms with E-state index >= 15 is 0 Å². The summed E-state index contributed by atoms with van der Waals surface area (Å²) in [7, 11) is 1.65. The number of carbonyl (C=O) groups is 1. The van der Waals surface area contributed by atoms with E-state index in [-0.39, 0.29) is 17.5 Å². The number of aromatic nitrogens is 3. The van der Waals surface area contributed by atoms with Gasteiger partial charge in [0, 0.05) is 31.5 Å². The Morgan fingerprint density at radius 1 is 1.36 bits per heavy atom. The third-order valence-electron chi connectivity index (χ3n) is 4.48. The van der Waals surface area contributed by atoms with Gasteiger partial charge >= 0.3 is 5.69 Å². The zero-order valence-electron chi connectivity index (χ0n) is 14.7. The summed E-state index contributed by atoms with van der Waals surface area (Å²) in [5.74, 6) is 1.66. The van der Waals surface area contributed by atoms with E-state index in [1.54, 1.807) is 23.4 Å². The number of hydrogen-bond donors (Lipinski definition) is 1. The standard InChI is InChI=1S/C18H24N4O2S/c1-13-4-7-15(8-5-13)25-11-3-10-19-17(23)14-6-9-16-20-21(2)18(24)22(16)12-14/h4-5,7-8,14H,3,6,9-12H2,1-2H3,(H,19,23)/t14-/m0/s1. The molecule has 7 heteroatoms. The molecule has 2 heterocycles. The predicted octanol–water partition coefficient (Wildman–Crippen LogP) is 1.75. The first kappa shape index (κ1) is 17.8. The van der Waals surface area contributed by atoms with Crippen molar-refractivity contribution in [3.63, 3.8) is 0 Å². The number of carbonyl (C=O) groups excluding carboxylic acids is 1. The van der Waals surface area contributed by atoms with Gasteiger partial charge in [-0.05, 0) is 37.7 Å². The van der Waals surface area contributed by atoms with Gasteiger partial charge < -0.3 is 5.32 Å². The van der Waals surface area contributed by atoms with Crippen LogP contribution in [0, 0.1) is 12.8 Å². The van der Waals surface area contributed by atoms with Gasteiger partial charge in [0.05, 0.1) is 5.92 Å². The third kappa shape index (κ3) is 4.34. The molecule has 0 saturated heterocycles. The summed E-state index contributed by atoms with van der Waals surface area (Å²) in [5, 5.41) is 7.21. The van der Waals surface area contributed by atoms with Crippen LogP contribution in [0.25, 0.3) is 0 Å². The number of rotatable bonds is 6. The second kappa shape index (κ2) is 7.91. The first-order valence-corrected chi connectivity index (χ1v) is 9.63. The third-order valence-corrected chi connectivity index (χ3v) is 5.58. The normalized spacial score (nSPS) is 16.5. The van der Waals surface area contributed by atoms with Crippen molar-refractivity contribution in [1.29, 1.82) is 0 Å². The minimum Gasteiger partial charge on any atom is -0.356 e. The summed E-state index contributed by atoms with van der Waals surface area (Å²) < 4.78 is 2.97. The molecule has 1 N–H and O–H groups in total. The van der Waals surface area contributed by atoms with Gasteiger partial charge in [-0.1, -0.05) is 17.7 Å². The molecule has 1 aromatic carbocycles. The molecule has 0 unspecified atom stereocenters. The van der Waals surface area contributed by atoms with E-state index in [9.17, 15) is 9.59 Å². The van der Waals surface area contributed by atoms with Crippen molar-refractivity contribution < 1.29 is 4.79 Å². The average Bonchev–Trinajstić information content (AvgIpc) is 2.90. The number of amides is 1. The monoisotopic (exact) mass is 360 g/mol. The number of nitrogens with one attached hydrogen (secondary N) is 1. The number of aryl methyl sites for hydroxylation is 3. The second-order valence-corrected chi connectivity index (χ2v) is 7.64. The topological polar surface area (TPSA) is 68.9 Å². The number of thioether (sulfide) groups is 1. The maximum atomic E-state index is 12.3. The Morgan fingerprint density at radius 2 is 2.12 bits per heavy atom. The lowest BCUT2D eigenvalue weighted by molar-refractivity contribution is -0.125. The van der Waals surface area contributed by atoms with Crippen LogP contribution in [0.1, 0.15) is 24.2 Å². The largest absolute Gasteiger partial charge is 0.356 e. The first-order chi connectivity index (χ1) is 12.0. The molecule has 1 aliphatic rings. The SMILES string of the molecule is Cc1ccc(SCCCNC(=O)[C@H]2CCc3nn(C)c(=O)n3C2)cc1. The number of hydrogen-bond acceptors (Lipinski definition) is 4. The summed E-state index contributed by atoms with van der Waals surface area (Å²) in [6.07, 6.45) is 2.35. The Labute approximate surface area is 151 Å². The van der Waals surface area contributed by atoms with Gasteiger partial charge in [-0.25, -0.2) is 9.48 Å². The molecule has 1 atom stereocenters. The maximum absolute atomic E-state index is 12.3. The van der Waals surface area contributed by atoms with E-state index in [1.807, 2.05) is 0 Å². The Kier molecular flexibility index (Phi) is 5.63. The molecule has 3 rings (SSSR count). The van der Waals surface area contributed by atoms with Crippen molar-refractivity contribution in [3.8, 4) is 0 Å². The average molecular weight is 360 g/mol. The molecule has 6 nitrogen and oxygen atoms in total. The maximum Gasteiger partial charge on any atom is 0.345 e. The molecule has 1 amide bonds. The van der Waals surface area contributed by atoms with Gasteiger partial charge in [0.1, 0.15) is 5.82 Å². The van der Waals surface area contributed by atoms with Crippen molar-refractivity contribution in [2.75, 3.05) is 12.3 Å². The van der Waals surface area contributed by atoms with Crippen LogP contribution >= 0.6 is 11.8 Å². The summed E-state index contributed by atoms with van der Waals surface area (Å²) in [6.45, 7) is 3.19. The molecule has 2 aromatic rings. The Balaban J connectivity index is 1.40. The van der Waals surface area contributed by atoms with Crippen molar-refractivity contribution in [2.45, 2.75) is 37.6 Å². The van der Waals surface area contributed by atoms with Gasteiger partial charge in [0.25, 0.3) is 0 Å². The van der Waals surface area contributed by atoms with Crippen LogP contribution in [0.4, 0.5) is 0 Å². The van der Waals surface area contributed by atoms with E-state index < -0.39 is 0 Å². The summed E-state index contributed by atoms with van der Waals surface area (Å²) >= 11 is 1.80. The zero-order chi connectivity index (χ0) is 17.8. The van der Waals surface area contributed by atoms with Crippen molar-refractivity contribution in [1.82, 2.24) is 19.7 Å². The van der Waals surface area contributed by atoms with Crippen molar-refractivity contribution >= 4 is 17.7 Å². The summed E-state index contributed by atoms with van der Waals surface area (Å²) in [5.41, 5.74) is 1.13. The fourth-order valence-electron chi connectivity index (χ4n) is 3.01. The lowest BCUT2D eigenvalue weighted by Crippen LogP contribution is -2.39. The molecule has 0 spiro atoms. The highest BCUT2D eigenvalue weighted by Crippen LogP contribution is 2.19. The molecular formula is C18H24N4O2S. The highest BCUT2D eigenvalue weighted by molar-refractivity contribution is 7.99. The fraction of sp³-hybridized carbons (Fsp3) is 0.500. The fourth-order valence-corrected chi connectivity index (χ4v) is 3.86. The molecule has 0 radical (unpaired) electrons. The molecule has 0 bridgehead atoms. The Bertz CT molecular complexity index is 794. The molecule has 0 saturated carbocycles. The lowest BCUT2D eigenvalue weighted by atomic mass is 9.98. The van der Waals surface area contributed by atoms with Gasteiger partial charge in [-0.2, -0.15) is 5.10 Å². The van der Waals surface area contributed by atoms with Crippen molar-refractivity contribution in [3.05, 3.63) is 46.1 Å². The van der Waals surface area contributed by atoms with Crippen LogP contribution in [-0.4, -0.2) is 32.6 Å². The van der Waals surface area contributed by atoms with Crippen LogP contribution in [0.3, 0.4) is 0 Å². The van der Waals surface area contributed by atoms with Crippen LogP contribution in [0.2, 0.25) is 0 Å².